The number of pyridine rings is 1. The predicted octanol–water partition coefficient (Wildman–Crippen LogP) is 5.47. The van der Waals surface area contributed by atoms with Crippen LogP contribution in [0.25, 0.3) is 10.9 Å². The molecule has 2 aromatic heterocycles. The molecular formula is C32H41N5O3. The van der Waals surface area contributed by atoms with E-state index in [2.05, 4.69) is 63.9 Å². The third kappa shape index (κ3) is 6.62. The Balaban J connectivity index is 1.36. The lowest BCUT2D eigenvalue weighted by molar-refractivity contribution is 0.0633. The Bertz CT molecular complexity index is 1310. The lowest BCUT2D eigenvalue weighted by atomic mass is 9.87. The van der Waals surface area contributed by atoms with Crippen LogP contribution in [0.4, 0.5) is 0 Å². The topological polar surface area (TPSA) is 83.8 Å². The molecular weight excluding hydrogens is 502 g/mol. The van der Waals surface area contributed by atoms with Crippen molar-refractivity contribution in [3.8, 4) is 17.8 Å². The zero-order valence-corrected chi connectivity index (χ0v) is 23.7. The van der Waals surface area contributed by atoms with Crippen LogP contribution in [-0.2, 0) is 0 Å². The van der Waals surface area contributed by atoms with Crippen LogP contribution >= 0.6 is 0 Å². The molecule has 2 fully saturated rings. The van der Waals surface area contributed by atoms with Gasteiger partial charge >= 0.3 is 6.01 Å². The molecule has 0 spiro atoms. The molecule has 212 valence electrons. The van der Waals surface area contributed by atoms with Gasteiger partial charge in [-0.05, 0) is 55.2 Å². The zero-order chi connectivity index (χ0) is 28.1. The Morgan fingerprint density at radius 1 is 1.00 bits per heavy atom. The van der Waals surface area contributed by atoms with Crippen molar-refractivity contribution in [1.82, 2.24) is 24.8 Å². The number of piperidine rings is 2. The van der Waals surface area contributed by atoms with Crippen molar-refractivity contribution in [1.29, 1.82) is 0 Å². The van der Waals surface area contributed by atoms with E-state index in [1.807, 2.05) is 36.5 Å². The monoisotopic (exact) mass is 543 g/mol. The highest BCUT2D eigenvalue weighted by atomic mass is 16.5. The van der Waals surface area contributed by atoms with Crippen LogP contribution < -0.4 is 9.47 Å². The van der Waals surface area contributed by atoms with Crippen LogP contribution in [0.2, 0.25) is 0 Å². The molecule has 0 saturated carbocycles. The zero-order valence-electron chi connectivity index (χ0n) is 23.7. The average molecular weight is 544 g/mol. The molecule has 2 saturated heterocycles. The molecule has 0 aliphatic carbocycles. The van der Waals surface area contributed by atoms with Gasteiger partial charge in [0.05, 0.1) is 11.6 Å². The van der Waals surface area contributed by atoms with Gasteiger partial charge in [-0.25, -0.2) is 0 Å². The fourth-order valence-electron chi connectivity index (χ4n) is 5.88. The van der Waals surface area contributed by atoms with Crippen molar-refractivity contribution in [3.63, 3.8) is 0 Å². The molecule has 0 amide bonds. The minimum Gasteiger partial charge on any atom is -0.493 e. The fourth-order valence-corrected chi connectivity index (χ4v) is 5.88. The Morgan fingerprint density at radius 3 is 2.45 bits per heavy atom. The molecule has 2 unspecified atom stereocenters. The smallest absolute Gasteiger partial charge is 0.324 e. The van der Waals surface area contributed by atoms with Gasteiger partial charge in [-0.1, -0.05) is 44.2 Å². The van der Waals surface area contributed by atoms with Crippen molar-refractivity contribution in [3.05, 3.63) is 73.5 Å². The Hall–Kier alpha value is -3.49. The number of aromatic nitrogens is 3. The molecule has 1 aromatic carbocycles. The summed E-state index contributed by atoms with van der Waals surface area (Å²) in [5, 5.41) is 11.5. The first-order chi connectivity index (χ1) is 19.4. The summed E-state index contributed by atoms with van der Waals surface area (Å²) >= 11 is 0. The molecule has 0 radical (unpaired) electrons. The van der Waals surface area contributed by atoms with E-state index in [4.69, 9.17) is 9.47 Å². The lowest BCUT2D eigenvalue weighted by Gasteiger charge is -2.37. The molecule has 5 atom stereocenters. The van der Waals surface area contributed by atoms with Gasteiger partial charge in [0.2, 0.25) is 11.8 Å². The summed E-state index contributed by atoms with van der Waals surface area (Å²) in [6.45, 7) is 17.3. The van der Waals surface area contributed by atoms with Crippen molar-refractivity contribution in [2.45, 2.75) is 32.8 Å². The number of fused-ring (bicyclic) bond motifs is 1. The molecule has 40 heavy (non-hydrogen) atoms. The summed E-state index contributed by atoms with van der Waals surface area (Å²) in [7, 11) is 0. The van der Waals surface area contributed by atoms with Gasteiger partial charge in [-0.2, -0.15) is 9.97 Å². The molecule has 8 nitrogen and oxygen atoms in total. The Labute approximate surface area is 237 Å². The number of hydrogen-bond acceptors (Lipinski definition) is 8. The minimum atomic E-state index is -0.342. The van der Waals surface area contributed by atoms with Crippen molar-refractivity contribution < 1.29 is 14.6 Å². The second-order valence-electron chi connectivity index (χ2n) is 11.3. The number of benzene rings is 1. The summed E-state index contributed by atoms with van der Waals surface area (Å²) in [5.74, 6) is 2.17. The molecule has 0 bridgehead atoms. The second kappa shape index (κ2) is 12.8. The van der Waals surface area contributed by atoms with Gasteiger partial charge < -0.3 is 14.6 Å². The molecule has 8 heteroatoms. The fraction of sp³-hybridized carbons (Fsp3) is 0.469. The van der Waals surface area contributed by atoms with E-state index in [0.29, 0.717) is 36.9 Å². The third-order valence-corrected chi connectivity index (χ3v) is 8.57. The predicted molar refractivity (Wildman–Crippen MR) is 157 cm³/mol. The van der Waals surface area contributed by atoms with Crippen LogP contribution in [0, 0.1) is 23.7 Å². The van der Waals surface area contributed by atoms with E-state index in [9.17, 15) is 5.11 Å². The first-order valence-corrected chi connectivity index (χ1v) is 14.3. The summed E-state index contributed by atoms with van der Waals surface area (Å²) < 4.78 is 12.5. The van der Waals surface area contributed by atoms with E-state index in [1.165, 1.54) is 6.07 Å². The Kier molecular flexibility index (Phi) is 8.97. The molecule has 3 aromatic rings. The molecule has 4 heterocycles. The van der Waals surface area contributed by atoms with Crippen LogP contribution in [0.15, 0.2) is 67.9 Å². The van der Waals surface area contributed by atoms with Gasteiger partial charge in [0.1, 0.15) is 12.8 Å². The average Bonchev–Trinajstić information content (AvgIpc) is 2.96. The van der Waals surface area contributed by atoms with E-state index in [0.717, 1.165) is 55.5 Å². The van der Waals surface area contributed by atoms with Gasteiger partial charge in [0.15, 0.2) is 0 Å². The highest BCUT2D eigenvalue weighted by molar-refractivity contribution is 5.82. The van der Waals surface area contributed by atoms with Gasteiger partial charge in [-0.3, -0.25) is 14.8 Å². The summed E-state index contributed by atoms with van der Waals surface area (Å²) in [6, 6.07) is 11.6. The maximum absolute atomic E-state index is 10.4. The standard InChI is InChI=1S/C32H41N5O3/c1-5-24-18-36(15-12-22(24)3)20-29(27-11-14-33-28-10-8-7-9-26(27)28)40-31-17-30(38)34-32(35-31)39-21-37-16-13-23(4)25(6-2)19-37/h5-11,14,17,22-25,29H,1-2,12-13,15-16,18-21H2,3-4H3,(H,34,35,38)/t22?,23?,24-,25-,29+/m1/s1. The molecule has 1 N–H and O–H groups in total. The number of ether oxygens (including phenoxy) is 2. The number of nitrogens with zero attached hydrogens (tertiary/aromatic N) is 5. The maximum atomic E-state index is 10.4. The van der Waals surface area contributed by atoms with Crippen molar-refractivity contribution in [2.75, 3.05) is 39.5 Å². The highest BCUT2D eigenvalue weighted by Crippen LogP contribution is 2.32. The van der Waals surface area contributed by atoms with Gasteiger partial charge in [-0.15, -0.1) is 13.2 Å². The van der Waals surface area contributed by atoms with Crippen LogP contribution in [0.3, 0.4) is 0 Å². The van der Waals surface area contributed by atoms with E-state index < -0.39 is 0 Å². The SMILES string of the molecule is C=C[C@@H]1CN(COc2nc(O)cc(O[C@@H](CN3CCC(C)[C@H](C=C)C3)c3ccnc4ccccc34)n2)CCC1C. The van der Waals surface area contributed by atoms with Gasteiger partial charge in [0, 0.05) is 43.3 Å². The normalized spacial score (nSPS) is 24.9. The second-order valence-corrected chi connectivity index (χ2v) is 11.3. The number of rotatable bonds is 10. The summed E-state index contributed by atoms with van der Waals surface area (Å²) in [4.78, 5) is 17.9. The third-order valence-electron chi connectivity index (χ3n) is 8.57. The largest absolute Gasteiger partial charge is 0.493 e. The Morgan fingerprint density at radius 2 is 1.70 bits per heavy atom. The molecule has 5 rings (SSSR count). The lowest BCUT2D eigenvalue weighted by Crippen LogP contribution is -2.41. The first kappa shape index (κ1) is 28.1. The van der Waals surface area contributed by atoms with Crippen molar-refractivity contribution >= 4 is 10.9 Å². The van der Waals surface area contributed by atoms with Crippen molar-refractivity contribution in [2.24, 2.45) is 23.7 Å². The van der Waals surface area contributed by atoms with Crippen LogP contribution in [0.5, 0.6) is 17.8 Å². The first-order valence-electron chi connectivity index (χ1n) is 14.3. The van der Waals surface area contributed by atoms with Gasteiger partial charge in [0.25, 0.3) is 0 Å². The molecule has 2 aliphatic rings. The number of aromatic hydroxyl groups is 1. The van der Waals surface area contributed by atoms with Crippen LogP contribution in [0.1, 0.15) is 38.4 Å². The van der Waals surface area contributed by atoms with E-state index in [1.54, 1.807) is 0 Å². The van der Waals surface area contributed by atoms with Crippen LogP contribution in [-0.4, -0.2) is 69.3 Å². The maximum Gasteiger partial charge on any atom is 0.324 e. The number of likely N-dealkylation sites (tertiary alicyclic amines) is 2. The molecule has 2 aliphatic heterocycles. The quantitative estimate of drug-likeness (QED) is 0.337. The summed E-state index contributed by atoms with van der Waals surface area (Å²) in [6.07, 6.45) is 7.76. The summed E-state index contributed by atoms with van der Waals surface area (Å²) in [5.41, 5.74) is 1.94. The number of para-hydroxylation sites is 1. The van der Waals surface area contributed by atoms with E-state index in [-0.39, 0.29) is 23.9 Å². The van der Waals surface area contributed by atoms with E-state index >= 15 is 0 Å². The minimum absolute atomic E-state index is 0.0978. The number of hydrogen-bond donors (Lipinski definition) is 1. The highest BCUT2D eigenvalue weighted by Gasteiger charge is 2.29.